The van der Waals surface area contributed by atoms with Crippen LogP contribution in [0.25, 0.3) is 5.65 Å². The largest absolute Gasteiger partial charge is 0.349 e. The first-order valence-electron chi connectivity index (χ1n) is 9.27. The molecule has 4 rings (SSSR count). The molecule has 0 bridgehead atoms. The fourth-order valence-electron chi connectivity index (χ4n) is 3.80. The van der Waals surface area contributed by atoms with Crippen LogP contribution in [0.1, 0.15) is 41.7 Å². The Balaban J connectivity index is 1.35. The molecule has 3 amide bonds. The average Bonchev–Trinajstić information content (AvgIpc) is 3.34. The quantitative estimate of drug-likeness (QED) is 0.883. The van der Waals surface area contributed by atoms with Gasteiger partial charge in [-0.25, -0.2) is 14.3 Å². The second kappa shape index (κ2) is 6.93. The Hall–Kier alpha value is -2.64. The van der Waals surface area contributed by atoms with Gasteiger partial charge in [-0.2, -0.15) is 5.10 Å². The van der Waals surface area contributed by atoms with Crippen molar-refractivity contribution in [2.24, 2.45) is 0 Å². The summed E-state index contributed by atoms with van der Waals surface area (Å²) in [5.41, 5.74) is 2.05. The minimum absolute atomic E-state index is 0.0813. The summed E-state index contributed by atoms with van der Waals surface area (Å²) < 4.78 is 1.67. The molecule has 1 N–H and O–H groups in total. The molecule has 2 fully saturated rings. The number of aromatic nitrogens is 3. The number of carbonyl (C=O) groups excluding carboxylic acids is 2. The summed E-state index contributed by atoms with van der Waals surface area (Å²) in [7, 11) is 0. The first-order valence-corrected chi connectivity index (χ1v) is 9.27. The average molecular weight is 356 g/mol. The lowest BCUT2D eigenvalue weighted by Gasteiger charge is -2.34. The number of urea groups is 1. The highest BCUT2D eigenvalue weighted by molar-refractivity contribution is 5.95. The van der Waals surface area contributed by atoms with Gasteiger partial charge in [0.25, 0.3) is 5.91 Å². The molecule has 2 aromatic rings. The Morgan fingerprint density at radius 2 is 1.81 bits per heavy atom. The van der Waals surface area contributed by atoms with Crippen molar-refractivity contribution in [1.82, 2.24) is 29.7 Å². The molecular weight excluding hydrogens is 332 g/mol. The first kappa shape index (κ1) is 16.8. The van der Waals surface area contributed by atoms with Crippen LogP contribution >= 0.6 is 0 Å². The maximum absolute atomic E-state index is 12.6. The van der Waals surface area contributed by atoms with Gasteiger partial charge in [-0.05, 0) is 32.6 Å². The molecule has 138 valence electrons. The number of fused-ring (bicyclic) bond motifs is 1. The van der Waals surface area contributed by atoms with Gasteiger partial charge in [0.05, 0.1) is 17.5 Å². The number of nitrogens with zero attached hydrogens (tertiary/aromatic N) is 5. The lowest BCUT2D eigenvalue weighted by molar-refractivity contribution is 0.0911. The van der Waals surface area contributed by atoms with E-state index < -0.39 is 0 Å². The number of amides is 3. The maximum atomic E-state index is 12.6. The second-order valence-corrected chi connectivity index (χ2v) is 7.07. The zero-order valence-corrected chi connectivity index (χ0v) is 15.0. The van der Waals surface area contributed by atoms with Crippen molar-refractivity contribution in [3.8, 4) is 0 Å². The fourth-order valence-corrected chi connectivity index (χ4v) is 3.80. The van der Waals surface area contributed by atoms with E-state index in [1.165, 1.54) is 0 Å². The predicted octanol–water partition coefficient (Wildman–Crippen LogP) is 1.45. The van der Waals surface area contributed by atoms with E-state index >= 15 is 0 Å². The molecule has 0 atom stereocenters. The summed E-state index contributed by atoms with van der Waals surface area (Å²) >= 11 is 0. The third kappa shape index (κ3) is 3.11. The minimum atomic E-state index is -0.128. The molecule has 2 aliphatic heterocycles. The van der Waals surface area contributed by atoms with Crippen molar-refractivity contribution < 1.29 is 9.59 Å². The fraction of sp³-hybridized carbons (Fsp3) is 0.556. The molecule has 0 aliphatic carbocycles. The van der Waals surface area contributed by atoms with Gasteiger partial charge < -0.3 is 15.1 Å². The van der Waals surface area contributed by atoms with Crippen LogP contribution in [0.5, 0.6) is 0 Å². The predicted molar refractivity (Wildman–Crippen MR) is 96.0 cm³/mol. The Kier molecular flexibility index (Phi) is 4.48. The number of hydrogen-bond acceptors (Lipinski definition) is 4. The van der Waals surface area contributed by atoms with Gasteiger partial charge in [-0.1, -0.05) is 0 Å². The molecule has 2 saturated heterocycles. The summed E-state index contributed by atoms with van der Waals surface area (Å²) in [6.45, 7) is 4.99. The van der Waals surface area contributed by atoms with Gasteiger partial charge in [0.2, 0.25) is 0 Å². The number of nitrogens with one attached hydrogen (secondary N) is 1. The number of hydrogen-bond donors (Lipinski definition) is 1. The summed E-state index contributed by atoms with van der Waals surface area (Å²) in [5, 5.41) is 7.29. The van der Waals surface area contributed by atoms with Crippen molar-refractivity contribution >= 4 is 17.6 Å². The van der Waals surface area contributed by atoms with Gasteiger partial charge in [0.15, 0.2) is 5.65 Å². The Bertz CT molecular complexity index is 818. The molecule has 4 heterocycles. The van der Waals surface area contributed by atoms with Crippen LogP contribution in [0, 0.1) is 6.92 Å². The van der Waals surface area contributed by atoms with Gasteiger partial charge in [-0.15, -0.1) is 0 Å². The van der Waals surface area contributed by atoms with Crippen LogP contribution in [0.3, 0.4) is 0 Å². The Labute approximate surface area is 152 Å². The molecular formula is C18H24N6O2. The monoisotopic (exact) mass is 356 g/mol. The number of aryl methyl sites for hydroxylation is 1. The zero-order valence-electron chi connectivity index (χ0n) is 15.0. The van der Waals surface area contributed by atoms with E-state index in [1.54, 1.807) is 16.9 Å². The summed E-state index contributed by atoms with van der Waals surface area (Å²) in [6, 6.07) is 2.04. The van der Waals surface area contributed by atoms with Gasteiger partial charge in [0, 0.05) is 44.5 Å². The Morgan fingerprint density at radius 1 is 1.12 bits per heavy atom. The zero-order chi connectivity index (χ0) is 18.1. The third-order valence-corrected chi connectivity index (χ3v) is 5.38. The van der Waals surface area contributed by atoms with Crippen molar-refractivity contribution in [3.05, 3.63) is 29.7 Å². The summed E-state index contributed by atoms with van der Waals surface area (Å²) in [4.78, 5) is 33.2. The van der Waals surface area contributed by atoms with E-state index in [9.17, 15) is 9.59 Å². The smallest absolute Gasteiger partial charge is 0.319 e. The Morgan fingerprint density at radius 3 is 2.54 bits per heavy atom. The van der Waals surface area contributed by atoms with Crippen molar-refractivity contribution in [2.45, 2.75) is 38.6 Å². The van der Waals surface area contributed by atoms with E-state index in [0.29, 0.717) is 18.7 Å². The minimum Gasteiger partial charge on any atom is -0.349 e. The molecule has 26 heavy (non-hydrogen) atoms. The highest BCUT2D eigenvalue weighted by Crippen LogP contribution is 2.17. The van der Waals surface area contributed by atoms with E-state index in [4.69, 9.17) is 0 Å². The highest BCUT2D eigenvalue weighted by atomic mass is 16.2. The van der Waals surface area contributed by atoms with Crippen LogP contribution in [0.15, 0.2) is 18.5 Å². The van der Waals surface area contributed by atoms with Gasteiger partial charge >= 0.3 is 6.03 Å². The van der Waals surface area contributed by atoms with Gasteiger partial charge in [0.1, 0.15) is 0 Å². The summed E-state index contributed by atoms with van der Waals surface area (Å²) in [5.74, 6) is -0.128. The number of rotatable bonds is 2. The molecule has 2 aliphatic rings. The van der Waals surface area contributed by atoms with E-state index in [0.717, 1.165) is 50.1 Å². The number of likely N-dealkylation sites (tertiary alicyclic amines) is 2. The standard InChI is InChI=1S/C18H24N6O2/c1-13-15(12-19-16-4-7-20-24(13)16)17(25)21-14-5-10-23(11-6-14)18(26)22-8-2-3-9-22/h4,7,12,14H,2-3,5-6,8-11H2,1H3,(H,21,25). The molecule has 0 spiro atoms. The molecule has 0 saturated carbocycles. The number of piperidine rings is 1. The van der Waals surface area contributed by atoms with E-state index in [-0.39, 0.29) is 18.0 Å². The van der Waals surface area contributed by atoms with Crippen LogP contribution in [0.2, 0.25) is 0 Å². The lowest BCUT2D eigenvalue weighted by Crippen LogP contribution is -2.50. The maximum Gasteiger partial charge on any atom is 0.319 e. The molecule has 0 unspecified atom stereocenters. The van der Waals surface area contributed by atoms with Crippen molar-refractivity contribution in [1.29, 1.82) is 0 Å². The molecule has 0 aromatic carbocycles. The molecule has 2 aromatic heterocycles. The topological polar surface area (TPSA) is 82.8 Å². The van der Waals surface area contributed by atoms with Crippen molar-refractivity contribution in [2.75, 3.05) is 26.2 Å². The van der Waals surface area contributed by atoms with Crippen molar-refractivity contribution in [3.63, 3.8) is 0 Å². The van der Waals surface area contributed by atoms with Crippen LogP contribution in [-0.2, 0) is 0 Å². The van der Waals surface area contributed by atoms with Crippen LogP contribution in [0.4, 0.5) is 4.79 Å². The first-order chi connectivity index (χ1) is 12.6. The SMILES string of the molecule is Cc1c(C(=O)NC2CCN(C(=O)N3CCCC3)CC2)cnc2ccnn12. The molecule has 8 nitrogen and oxygen atoms in total. The van der Waals surface area contributed by atoms with E-state index in [2.05, 4.69) is 15.4 Å². The van der Waals surface area contributed by atoms with Gasteiger partial charge in [-0.3, -0.25) is 4.79 Å². The van der Waals surface area contributed by atoms with E-state index in [1.807, 2.05) is 22.8 Å². The normalized spacial score (nSPS) is 18.5. The van der Waals surface area contributed by atoms with Crippen LogP contribution < -0.4 is 5.32 Å². The summed E-state index contributed by atoms with van der Waals surface area (Å²) in [6.07, 6.45) is 7.04. The lowest BCUT2D eigenvalue weighted by atomic mass is 10.0. The molecule has 8 heteroatoms. The number of carbonyl (C=O) groups is 2. The molecule has 0 radical (unpaired) electrons. The van der Waals surface area contributed by atoms with Crippen LogP contribution in [-0.4, -0.2) is 68.6 Å². The highest BCUT2D eigenvalue weighted by Gasteiger charge is 2.28. The second-order valence-electron chi connectivity index (χ2n) is 7.07. The third-order valence-electron chi connectivity index (χ3n) is 5.38.